The summed E-state index contributed by atoms with van der Waals surface area (Å²) in [6, 6.07) is 22.7. The van der Waals surface area contributed by atoms with E-state index in [-0.39, 0.29) is 5.78 Å². The highest BCUT2D eigenvalue weighted by atomic mass is 16.5. The fourth-order valence-corrected chi connectivity index (χ4v) is 3.34. The average Bonchev–Trinajstić information content (AvgIpc) is 3.04. The van der Waals surface area contributed by atoms with Crippen LogP contribution in [0.25, 0.3) is 10.9 Å². The van der Waals surface area contributed by atoms with Crippen LogP contribution in [0.5, 0.6) is 5.75 Å². The van der Waals surface area contributed by atoms with Crippen molar-refractivity contribution in [1.82, 2.24) is 4.57 Å². The highest BCUT2D eigenvalue weighted by molar-refractivity contribution is 6.16. The Morgan fingerprint density at radius 1 is 0.931 bits per heavy atom. The molecule has 0 aliphatic rings. The number of carbonyl (C=O) groups excluding carboxylic acids is 1. The topological polar surface area (TPSA) is 56.0 Å². The molecule has 5 nitrogen and oxygen atoms in total. The van der Waals surface area contributed by atoms with E-state index < -0.39 is 0 Å². The molecule has 0 aliphatic heterocycles. The maximum absolute atomic E-state index is 13.3. The van der Waals surface area contributed by atoms with Gasteiger partial charge in [0, 0.05) is 18.0 Å². The molecule has 0 aliphatic carbocycles. The lowest BCUT2D eigenvalue weighted by molar-refractivity contribution is 0.103. The van der Waals surface area contributed by atoms with Crippen molar-refractivity contribution in [3.05, 3.63) is 89.6 Å². The number of nitrogens with zero attached hydrogens (tertiary/aromatic N) is 3. The molecule has 3 aromatic carbocycles. The molecule has 144 valence electrons. The van der Waals surface area contributed by atoms with E-state index in [2.05, 4.69) is 10.2 Å². The summed E-state index contributed by atoms with van der Waals surface area (Å²) >= 11 is 0. The number of ether oxygens (including phenoxy) is 1. The molecule has 0 saturated heterocycles. The Morgan fingerprint density at radius 2 is 1.66 bits per heavy atom. The van der Waals surface area contributed by atoms with Gasteiger partial charge < -0.3 is 9.30 Å². The van der Waals surface area contributed by atoms with Gasteiger partial charge in [0.15, 0.2) is 0 Å². The molecule has 0 fully saturated rings. The number of benzene rings is 3. The van der Waals surface area contributed by atoms with Gasteiger partial charge in [0.2, 0.25) is 5.78 Å². The molecule has 4 aromatic rings. The fourth-order valence-electron chi connectivity index (χ4n) is 3.34. The smallest absolute Gasteiger partial charge is 0.211 e. The Balaban J connectivity index is 1.91. The second-order valence-corrected chi connectivity index (χ2v) is 6.87. The largest absolute Gasteiger partial charge is 0.497 e. The van der Waals surface area contributed by atoms with Gasteiger partial charge in [-0.3, -0.25) is 4.79 Å². The Morgan fingerprint density at radius 3 is 2.34 bits per heavy atom. The molecular formula is C24H21N3O2. The minimum Gasteiger partial charge on any atom is -0.497 e. The Hall–Kier alpha value is -3.73. The lowest BCUT2D eigenvalue weighted by Gasteiger charge is -2.04. The van der Waals surface area contributed by atoms with E-state index in [0.717, 1.165) is 22.2 Å². The van der Waals surface area contributed by atoms with E-state index in [4.69, 9.17) is 4.74 Å². The number of rotatable bonds is 5. The zero-order valence-electron chi connectivity index (χ0n) is 16.6. The Kier molecular flexibility index (Phi) is 4.96. The molecule has 0 spiro atoms. The monoisotopic (exact) mass is 383 g/mol. The van der Waals surface area contributed by atoms with Gasteiger partial charge in [0.25, 0.3) is 0 Å². The molecule has 0 bridgehead atoms. The zero-order valence-corrected chi connectivity index (χ0v) is 16.6. The first-order chi connectivity index (χ1) is 14.1. The van der Waals surface area contributed by atoms with Crippen LogP contribution in [0.15, 0.2) is 83.0 Å². The lowest BCUT2D eigenvalue weighted by atomic mass is 10.1. The van der Waals surface area contributed by atoms with Gasteiger partial charge in [-0.2, -0.15) is 5.11 Å². The quantitative estimate of drug-likeness (QED) is 0.307. The zero-order chi connectivity index (χ0) is 20.4. The van der Waals surface area contributed by atoms with Gasteiger partial charge in [-0.25, -0.2) is 0 Å². The molecule has 0 atom stereocenters. The molecule has 0 N–H and O–H groups in total. The van der Waals surface area contributed by atoms with Crippen molar-refractivity contribution in [2.45, 2.75) is 6.92 Å². The normalized spacial score (nSPS) is 11.3. The van der Waals surface area contributed by atoms with E-state index in [1.807, 2.05) is 91.3 Å². The SMILES string of the molecule is COc1ccc2c(c1)c(N=Nc1ccc(C)cc1)c(C(=O)c1ccccc1)n2C. The summed E-state index contributed by atoms with van der Waals surface area (Å²) in [5, 5.41) is 9.72. The van der Waals surface area contributed by atoms with Crippen molar-refractivity contribution in [3.8, 4) is 5.75 Å². The number of fused-ring (bicyclic) bond motifs is 1. The van der Waals surface area contributed by atoms with Gasteiger partial charge >= 0.3 is 0 Å². The van der Waals surface area contributed by atoms with Gasteiger partial charge in [0.1, 0.15) is 17.1 Å². The van der Waals surface area contributed by atoms with Gasteiger partial charge in [0.05, 0.1) is 18.3 Å². The molecule has 0 unspecified atom stereocenters. The van der Waals surface area contributed by atoms with Gasteiger partial charge in [-0.1, -0.05) is 48.0 Å². The average molecular weight is 383 g/mol. The molecule has 0 amide bonds. The van der Waals surface area contributed by atoms with E-state index in [1.165, 1.54) is 0 Å². The van der Waals surface area contributed by atoms with Crippen LogP contribution < -0.4 is 4.74 Å². The van der Waals surface area contributed by atoms with E-state index in [9.17, 15) is 4.79 Å². The summed E-state index contributed by atoms with van der Waals surface area (Å²) in [6.07, 6.45) is 0. The van der Waals surface area contributed by atoms with Crippen LogP contribution in [0.4, 0.5) is 11.4 Å². The summed E-state index contributed by atoms with van der Waals surface area (Å²) in [5.74, 6) is 0.606. The van der Waals surface area contributed by atoms with Crippen molar-refractivity contribution in [2.75, 3.05) is 7.11 Å². The van der Waals surface area contributed by atoms with Gasteiger partial charge in [-0.05, 0) is 37.3 Å². The predicted octanol–water partition coefficient (Wildman–Crippen LogP) is 6.14. The number of hydrogen-bond donors (Lipinski definition) is 0. The number of ketones is 1. The number of aryl methyl sites for hydroxylation is 2. The maximum atomic E-state index is 13.3. The van der Waals surface area contributed by atoms with Crippen molar-refractivity contribution >= 4 is 28.1 Å². The summed E-state index contributed by atoms with van der Waals surface area (Å²) in [5.41, 5.74) is 4.42. The van der Waals surface area contributed by atoms with Crippen LogP contribution in [0, 0.1) is 6.92 Å². The molecule has 0 saturated carbocycles. The standard InChI is InChI=1S/C24H21N3O2/c1-16-9-11-18(12-10-16)25-26-22-20-15-19(29-3)13-14-21(20)27(2)23(22)24(28)17-7-5-4-6-8-17/h4-15H,1-3H3. The van der Waals surface area contributed by atoms with Crippen molar-refractivity contribution in [3.63, 3.8) is 0 Å². The van der Waals surface area contributed by atoms with Gasteiger partial charge in [-0.15, -0.1) is 5.11 Å². The van der Waals surface area contributed by atoms with E-state index in [0.29, 0.717) is 22.7 Å². The summed E-state index contributed by atoms with van der Waals surface area (Å²) in [7, 11) is 3.49. The fraction of sp³-hybridized carbons (Fsp3) is 0.125. The van der Waals surface area contributed by atoms with E-state index in [1.54, 1.807) is 7.11 Å². The first-order valence-electron chi connectivity index (χ1n) is 9.33. The molecule has 4 rings (SSSR count). The number of azo groups is 1. The van der Waals surface area contributed by atoms with Crippen LogP contribution in [-0.4, -0.2) is 17.5 Å². The molecule has 29 heavy (non-hydrogen) atoms. The Labute approximate surface area is 169 Å². The third-order valence-electron chi connectivity index (χ3n) is 4.93. The van der Waals surface area contributed by atoms with Crippen LogP contribution >= 0.6 is 0 Å². The number of aromatic nitrogens is 1. The van der Waals surface area contributed by atoms with Crippen LogP contribution in [0.2, 0.25) is 0 Å². The molecule has 1 aromatic heterocycles. The first kappa shape index (κ1) is 18.6. The Bertz CT molecular complexity index is 1210. The second kappa shape index (κ2) is 7.72. The van der Waals surface area contributed by atoms with Crippen molar-refractivity contribution < 1.29 is 9.53 Å². The summed E-state index contributed by atoms with van der Waals surface area (Å²) < 4.78 is 7.25. The number of methoxy groups -OCH3 is 1. The first-order valence-corrected chi connectivity index (χ1v) is 9.33. The number of hydrogen-bond acceptors (Lipinski definition) is 4. The van der Waals surface area contributed by atoms with E-state index >= 15 is 0 Å². The second-order valence-electron chi connectivity index (χ2n) is 6.87. The summed E-state index contributed by atoms with van der Waals surface area (Å²) in [4.78, 5) is 13.3. The lowest BCUT2D eigenvalue weighted by Crippen LogP contribution is -2.07. The highest BCUT2D eigenvalue weighted by Crippen LogP contribution is 2.37. The number of carbonyl (C=O) groups is 1. The van der Waals surface area contributed by atoms with Crippen molar-refractivity contribution in [2.24, 2.45) is 17.3 Å². The molecular weight excluding hydrogens is 362 g/mol. The van der Waals surface area contributed by atoms with Crippen LogP contribution in [0.1, 0.15) is 21.6 Å². The third-order valence-corrected chi connectivity index (χ3v) is 4.93. The van der Waals surface area contributed by atoms with Crippen molar-refractivity contribution in [1.29, 1.82) is 0 Å². The minimum atomic E-state index is -0.0962. The molecule has 5 heteroatoms. The third kappa shape index (κ3) is 3.55. The minimum absolute atomic E-state index is 0.0962. The molecule has 0 radical (unpaired) electrons. The summed E-state index contributed by atoms with van der Waals surface area (Å²) in [6.45, 7) is 2.02. The predicted molar refractivity (Wildman–Crippen MR) is 115 cm³/mol. The molecule has 1 heterocycles. The van der Waals surface area contributed by atoms with Crippen LogP contribution in [-0.2, 0) is 7.05 Å². The van der Waals surface area contributed by atoms with Crippen LogP contribution in [0.3, 0.4) is 0 Å². The highest BCUT2D eigenvalue weighted by Gasteiger charge is 2.23. The maximum Gasteiger partial charge on any atom is 0.211 e.